The van der Waals surface area contributed by atoms with Gasteiger partial charge in [0, 0.05) is 12.0 Å². The van der Waals surface area contributed by atoms with Crippen LogP contribution in [0.1, 0.15) is 11.1 Å². The molecule has 0 aromatic heterocycles. The Kier molecular flexibility index (Phi) is 5.10. The summed E-state index contributed by atoms with van der Waals surface area (Å²) in [5.74, 6) is -0.913. The van der Waals surface area contributed by atoms with E-state index in [0.717, 1.165) is 5.56 Å². The van der Waals surface area contributed by atoms with Gasteiger partial charge in [0.05, 0.1) is 4.90 Å². The number of hydrogen-bond acceptors (Lipinski definition) is 4. The Hall–Kier alpha value is -2.77. The molecule has 3 aromatic carbocycles. The van der Waals surface area contributed by atoms with Crippen LogP contribution in [0.3, 0.4) is 0 Å². The Balaban J connectivity index is 1.49. The van der Waals surface area contributed by atoms with E-state index in [9.17, 15) is 17.2 Å². The Labute approximate surface area is 167 Å². The number of fused-ring (bicyclic) bond motifs is 1. The van der Waals surface area contributed by atoms with Crippen molar-refractivity contribution < 1.29 is 26.1 Å². The van der Waals surface area contributed by atoms with Crippen molar-refractivity contribution in [3.05, 3.63) is 83.4 Å². The fourth-order valence-electron chi connectivity index (χ4n) is 3.25. The molecule has 1 unspecified atom stereocenters. The molecule has 4 rings (SSSR count). The van der Waals surface area contributed by atoms with E-state index in [4.69, 9.17) is 8.92 Å². The first kappa shape index (κ1) is 19.5. The Morgan fingerprint density at radius 2 is 1.79 bits per heavy atom. The van der Waals surface area contributed by atoms with E-state index in [1.54, 1.807) is 30.3 Å². The van der Waals surface area contributed by atoms with Gasteiger partial charge < -0.3 is 4.74 Å². The Morgan fingerprint density at radius 1 is 1.03 bits per heavy atom. The fraction of sp³-hybridized carbons (Fsp3) is 0.182. The number of benzene rings is 3. The largest absolute Gasteiger partial charge is 0.484 e. The minimum Gasteiger partial charge on any atom is -0.484 e. The van der Waals surface area contributed by atoms with Crippen molar-refractivity contribution in [2.24, 2.45) is 0 Å². The first-order chi connectivity index (χ1) is 13.8. The van der Waals surface area contributed by atoms with Crippen LogP contribution in [0, 0.1) is 18.6 Å². The predicted octanol–water partition coefficient (Wildman–Crippen LogP) is 4.65. The van der Waals surface area contributed by atoms with E-state index in [0.29, 0.717) is 23.1 Å². The van der Waals surface area contributed by atoms with Gasteiger partial charge in [0.1, 0.15) is 18.5 Å². The summed E-state index contributed by atoms with van der Waals surface area (Å²) in [5.41, 5.74) is 2.60. The number of hydrogen-bond donors (Lipinski definition) is 0. The second-order valence-corrected chi connectivity index (χ2v) is 8.57. The summed E-state index contributed by atoms with van der Waals surface area (Å²) in [5, 5.41) is 0. The van der Waals surface area contributed by atoms with Gasteiger partial charge in [-0.1, -0.05) is 29.8 Å². The van der Waals surface area contributed by atoms with Crippen LogP contribution in [-0.2, 0) is 20.7 Å². The molecule has 1 aliphatic heterocycles. The zero-order chi connectivity index (χ0) is 20.6. The van der Waals surface area contributed by atoms with Crippen LogP contribution in [0.2, 0.25) is 0 Å². The molecule has 0 radical (unpaired) electrons. The van der Waals surface area contributed by atoms with Gasteiger partial charge in [0.15, 0.2) is 11.6 Å². The van der Waals surface area contributed by atoms with Gasteiger partial charge in [-0.05, 0) is 54.4 Å². The van der Waals surface area contributed by atoms with E-state index >= 15 is 0 Å². The van der Waals surface area contributed by atoms with Crippen molar-refractivity contribution in [3.8, 4) is 16.9 Å². The minimum absolute atomic E-state index is 0.0539. The molecule has 0 saturated carbocycles. The summed E-state index contributed by atoms with van der Waals surface area (Å²) in [7, 11) is -3.93. The van der Waals surface area contributed by atoms with Crippen molar-refractivity contribution >= 4 is 10.1 Å². The number of aryl methyl sites for hydroxylation is 1. The lowest BCUT2D eigenvalue weighted by atomic mass is 10.0. The number of rotatable bonds is 5. The lowest BCUT2D eigenvalue weighted by Crippen LogP contribution is -2.23. The molecule has 3 aromatic rings. The smallest absolute Gasteiger partial charge is 0.297 e. The molecule has 0 fully saturated rings. The first-order valence-corrected chi connectivity index (χ1v) is 10.4. The van der Waals surface area contributed by atoms with Gasteiger partial charge >= 0.3 is 0 Å². The quantitative estimate of drug-likeness (QED) is 0.568. The van der Waals surface area contributed by atoms with E-state index in [-0.39, 0.29) is 17.3 Å². The lowest BCUT2D eigenvalue weighted by Gasteiger charge is -2.12. The molecule has 0 amide bonds. The van der Waals surface area contributed by atoms with Crippen LogP contribution in [0.4, 0.5) is 8.78 Å². The molecule has 0 spiro atoms. The monoisotopic (exact) mass is 416 g/mol. The molecule has 0 N–H and O–H groups in total. The lowest BCUT2D eigenvalue weighted by molar-refractivity contribution is 0.148. The predicted molar refractivity (Wildman–Crippen MR) is 104 cm³/mol. The fourth-order valence-corrected chi connectivity index (χ4v) is 4.19. The van der Waals surface area contributed by atoms with E-state index in [1.807, 2.05) is 6.92 Å². The van der Waals surface area contributed by atoms with Crippen LogP contribution < -0.4 is 4.74 Å². The third-order valence-corrected chi connectivity index (χ3v) is 6.03. The Morgan fingerprint density at radius 3 is 2.52 bits per heavy atom. The van der Waals surface area contributed by atoms with Crippen LogP contribution in [0.25, 0.3) is 11.1 Å². The average molecular weight is 416 g/mol. The summed E-state index contributed by atoms with van der Waals surface area (Å²) in [6.07, 6.45) is -0.346. The Bertz CT molecular complexity index is 1160. The van der Waals surface area contributed by atoms with Gasteiger partial charge in [-0.25, -0.2) is 8.78 Å². The van der Waals surface area contributed by atoms with Crippen LogP contribution in [-0.4, -0.2) is 21.1 Å². The van der Waals surface area contributed by atoms with E-state index in [1.165, 1.54) is 30.3 Å². The molecule has 1 atom stereocenters. The first-order valence-electron chi connectivity index (χ1n) is 9.03. The maximum absolute atomic E-state index is 14.5. The second kappa shape index (κ2) is 7.57. The molecule has 1 aliphatic rings. The maximum atomic E-state index is 14.5. The topological polar surface area (TPSA) is 52.6 Å². The summed E-state index contributed by atoms with van der Waals surface area (Å²) in [4.78, 5) is 0.0539. The van der Waals surface area contributed by atoms with Crippen molar-refractivity contribution in [1.82, 2.24) is 0 Å². The summed E-state index contributed by atoms with van der Waals surface area (Å²) in [6, 6.07) is 15.2. The molecule has 4 nitrogen and oxygen atoms in total. The van der Waals surface area contributed by atoms with Crippen molar-refractivity contribution in [2.75, 3.05) is 6.61 Å². The van der Waals surface area contributed by atoms with Crippen LogP contribution in [0.15, 0.2) is 65.6 Å². The summed E-state index contributed by atoms with van der Waals surface area (Å²) in [6.45, 7) is 1.62. The second-order valence-electron chi connectivity index (χ2n) is 6.95. The molecule has 1 heterocycles. The molecule has 7 heteroatoms. The highest BCUT2D eigenvalue weighted by molar-refractivity contribution is 7.86. The highest BCUT2D eigenvalue weighted by Gasteiger charge is 2.29. The number of ether oxygens (including phenoxy) is 1. The van der Waals surface area contributed by atoms with Crippen LogP contribution in [0.5, 0.6) is 5.75 Å². The number of halogens is 2. The normalized spacial score (nSPS) is 15.8. The van der Waals surface area contributed by atoms with Gasteiger partial charge in [0.2, 0.25) is 0 Å². The van der Waals surface area contributed by atoms with Gasteiger partial charge in [-0.2, -0.15) is 8.42 Å². The average Bonchev–Trinajstić information content (AvgIpc) is 3.11. The highest BCUT2D eigenvalue weighted by Crippen LogP contribution is 2.36. The molecule has 0 aliphatic carbocycles. The summed E-state index contributed by atoms with van der Waals surface area (Å²) >= 11 is 0. The molecular weight excluding hydrogens is 398 g/mol. The van der Waals surface area contributed by atoms with Crippen molar-refractivity contribution in [1.29, 1.82) is 0 Å². The molecule has 0 saturated heterocycles. The molecule has 0 bridgehead atoms. The minimum atomic E-state index is -3.93. The van der Waals surface area contributed by atoms with Gasteiger partial charge in [-0.15, -0.1) is 0 Å². The molecule has 150 valence electrons. The van der Waals surface area contributed by atoms with E-state index in [2.05, 4.69) is 0 Å². The SMILES string of the molecule is Cc1ccc(S(=O)(=O)OCC2Cc3cc(-c4cccc(F)c4)cc(F)c3O2)cc1. The van der Waals surface area contributed by atoms with Crippen molar-refractivity contribution in [3.63, 3.8) is 0 Å². The molecule has 29 heavy (non-hydrogen) atoms. The zero-order valence-electron chi connectivity index (χ0n) is 15.6. The molecular formula is C22H18F2O4S. The zero-order valence-corrected chi connectivity index (χ0v) is 16.4. The van der Waals surface area contributed by atoms with Gasteiger partial charge in [0.25, 0.3) is 10.1 Å². The van der Waals surface area contributed by atoms with Gasteiger partial charge in [-0.3, -0.25) is 4.18 Å². The standard InChI is InChI=1S/C22H18F2O4S/c1-14-5-7-20(8-6-14)29(25,26)27-13-19-11-17-9-16(12-21(24)22(17)28-19)15-3-2-4-18(23)10-15/h2-10,12,19H,11,13H2,1H3. The van der Waals surface area contributed by atoms with E-state index < -0.39 is 27.9 Å². The third-order valence-electron chi connectivity index (χ3n) is 4.73. The highest BCUT2D eigenvalue weighted by atomic mass is 32.2. The maximum Gasteiger partial charge on any atom is 0.297 e. The summed E-state index contributed by atoms with van der Waals surface area (Å²) < 4.78 is 63.3. The van der Waals surface area contributed by atoms with Crippen molar-refractivity contribution in [2.45, 2.75) is 24.3 Å². The van der Waals surface area contributed by atoms with Crippen LogP contribution >= 0.6 is 0 Å². The third kappa shape index (κ3) is 4.16.